The Morgan fingerprint density at radius 1 is 0.773 bits per heavy atom. The van der Waals surface area contributed by atoms with Gasteiger partial charge in [-0.15, -0.1) is 0 Å². The van der Waals surface area contributed by atoms with Crippen molar-refractivity contribution < 1.29 is 9.59 Å². The van der Waals surface area contributed by atoms with Crippen molar-refractivity contribution in [2.45, 2.75) is 90.9 Å². The highest BCUT2D eigenvalue weighted by atomic mass is 16.1. The minimum absolute atomic E-state index is 0.0152. The number of hydrogen-bond acceptors (Lipinski definition) is 2. The van der Waals surface area contributed by atoms with Gasteiger partial charge in [-0.3, -0.25) is 9.59 Å². The van der Waals surface area contributed by atoms with E-state index in [4.69, 9.17) is 0 Å². The number of Topliss-reactive ketones (excluding diaryl/α,β-unsaturated/α-hetero) is 2. The molecule has 0 saturated heterocycles. The van der Waals surface area contributed by atoms with Crippen molar-refractivity contribution in [3.63, 3.8) is 0 Å². The molecule has 22 heavy (non-hydrogen) atoms. The van der Waals surface area contributed by atoms with E-state index in [1.807, 2.05) is 0 Å². The van der Waals surface area contributed by atoms with Gasteiger partial charge in [-0.1, -0.05) is 51.9 Å². The third-order valence-corrected chi connectivity index (χ3v) is 6.14. The van der Waals surface area contributed by atoms with Crippen molar-refractivity contribution in [1.29, 1.82) is 0 Å². The molecule has 2 heteroatoms. The van der Waals surface area contributed by atoms with E-state index in [-0.39, 0.29) is 18.0 Å². The van der Waals surface area contributed by atoms with Crippen LogP contribution in [0.4, 0.5) is 0 Å². The number of hydrogen-bond donors (Lipinski definition) is 0. The number of rotatable bonds is 7. The summed E-state index contributed by atoms with van der Waals surface area (Å²) in [6.07, 6.45) is 14.5. The third kappa shape index (κ3) is 5.85. The summed E-state index contributed by atoms with van der Waals surface area (Å²) in [6, 6.07) is 0. The van der Waals surface area contributed by atoms with E-state index < -0.39 is 0 Å². The topological polar surface area (TPSA) is 34.1 Å². The van der Waals surface area contributed by atoms with Crippen LogP contribution < -0.4 is 0 Å². The normalized spacial score (nSPS) is 32.6. The van der Waals surface area contributed by atoms with E-state index in [1.165, 1.54) is 71.1 Å². The minimum Gasteiger partial charge on any atom is -0.300 e. The summed E-state index contributed by atoms with van der Waals surface area (Å²) < 4.78 is 0. The fourth-order valence-corrected chi connectivity index (χ4v) is 4.69. The SMILES string of the molecule is CCC1CCC(CC2CCC(CC(=O)CC(C)=O)CC2)CC1. The Hall–Kier alpha value is -0.660. The molecule has 0 aromatic rings. The second-order valence-electron chi connectivity index (χ2n) is 8.04. The Balaban J connectivity index is 1.63. The molecule has 0 heterocycles. The van der Waals surface area contributed by atoms with Crippen molar-refractivity contribution in [3.8, 4) is 0 Å². The van der Waals surface area contributed by atoms with Gasteiger partial charge in [-0.05, 0) is 49.9 Å². The molecular formula is C20H34O2. The van der Waals surface area contributed by atoms with Crippen LogP contribution in [0.15, 0.2) is 0 Å². The first-order valence-corrected chi connectivity index (χ1v) is 9.57. The van der Waals surface area contributed by atoms with Crippen molar-refractivity contribution in [1.82, 2.24) is 0 Å². The highest BCUT2D eigenvalue weighted by molar-refractivity contribution is 5.97. The molecule has 2 aliphatic carbocycles. The van der Waals surface area contributed by atoms with E-state index in [1.54, 1.807) is 0 Å². The van der Waals surface area contributed by atoms with Crippen LogP contribution in [0.1, 0.15) is 90.9 Å². The lowest BCUT2D eigenvalue weighted by Gasteiger charge is -2.33. The minimum atomic E-state index is 0.0152. The first kappa shape index (κ1) is 17.7. The summed E-state index contributed by atoms with van der Waals surface area (Å²) in [6.45, 7) is 3.85. The molecule has 0 aromatic carbocycles. The van der Waals surface area contributed by atoms with Gasteiger partial charge < -0.3 is 0 Å². The zero-order valence-electron chi connectivity index (χ0n) is 14.6. The molecule has 0 aliphatic heterocycles. The summed E-state index contributed by atoms with van der Waals surface area (Å²) in [5.74, 6) is 3.61. The predicted octanol–water partition coefficient (Wildman–Crippen LogP) is 5.34. The molecule has 0 amide bonds. The van der Waals surface area contributed by atoms with Gasteiger partial charge in [0, 0.05) is 6.42 Å². The van der Waals surface area contributed by atoms with Gasteiger partial charge in [0.2, 0.25) is 0 Å². The van der Waals surface area contributed by atoms with Crippen LogP contribution in [-0.2, 0) is 9.59 Å². The van der Waals surface area contributed by atoms with Crippen LogP contribution in [0.25, 0.3) is 0 Å². The molecule has 0 aromatic heterocycles. The lowest BCUT2D eigenvalue weighted by Crippen LogP contribution is -2.22. The van der Waals surface area contributed by atoms with Crippen LogP contribution in [0.3, 0.4) is 0 Å². The van der Waals surface area contributed by atoms with Gasteiger partial charge in [-0.25, -0.2) is 0 Å². The van der Waals surface area contributed by atoms with Gasteiger partial charge in [0.15, 0.2) is 0 Å². The predicted molar refractivity (Wildman–Crippen MR) is 90.7 cm³/mol. The zero-order chi connectivity index (χ0) is 15.9. The molecule has 2 aliphatic rings. The van der Waals surface area contributed by atoms with Crippen molar-refractivity contribution in [3.05, 3.63) is 0 Å². The molecule has 2 saturated carbocycles. The van der Waals surface area contributed by atoms with Gasteiger partial charge in [-0.2, -0.15) is 0 Å². The smallest absolute Gasteiger partial charge is 0.140 e. The molecule has 0 N–H and O–H groups in total. The fourth-order valence-electron chi connectivity index (χ4n) is 4.69. The largest absolute Gasteiger partial charge is 0.300 e. The maximum Gasteiger partial charge on any atom is 0.140 e. The van der Waals surface area contributed by atoms with Gasteiger partial charge in [0.25, 0.3) is 0 Å². The molecule has 2 rings (SSSR count). The van der Waals surface area contributed by atoms with Crippen LogP contribution in [-0.4, -0.2) is 11.6 Å². The summed E-state index contributed by atoms with van der Waals surface area (Å²) in [5.41, 5.74) is 0. The van der Waals surface area contributed by atoms with Gasteiger partial charge in [0.1, 0.15) is 11.6 Å². The molecule has 126 valence electrons. The number of ketones is 2. The van der Waals surface area contributed by atoms with Crippen LogP contribution >= 0.6 is 0 Å². The molecule has 0 radical (unpaired) electrons. The lowest BCUT2D eigenvalue weighted by atomic mass is 9.72. The monoisotopic (exact) mass is 306 g/mol. The van der Waals surface area contributed by atoms with E-state index in [0.717, 1.165) is 17.8 Å². The van der Waals surface area contributed by atoms with Gasteiger partial charge >= 0.3 is 0 Å². The fraction of sp³-hybridized carbons (Fsp3) is 0.900. The number of carbonyl (C=O) groups excluding carboxylic acids is 2. The average molecular weight is 306 g/mol. The molecule has 2 nitrogen and oxygen atoms in total. The van der Waals surface area contributed by atoms with E-state index in [0.29, 0.717) is 12.3 Å². The zero-order valence-corrected chi connectivity index (χ0v) is 14.6. The Morgan fingerprint density at radius 3 is 1.68 bits per heavy atom. The molecular weight excluding hydrogens is 272 g/mol. The standard InChI is InChI=1S/C20H34O2/c1-3-16-4-6-17(7-5-16)13-18-8-10-19(11-9-18)14-20(22)12-15(2)21/h16-19H,3-14H2,1-2H3. The molecule has 0 spiro atoms. The summed E-state index contributed by atoms with van der Waals surface area (Å²) in [7, 11) is 0. The summed E-state index contributed by atoms with van der Waals surface area (Å²) >= 11 is 0. The Kier molecular flexibility index (Phi) is 7.11. The van der Waals surface area contributed by atoms with Crippen LogP contribution in [0, 0.1) is 23.7 Å². The Bertz CT molecular complexity index is 358. The van der Waals surface area contributed by atoms with Crippen molar-refractivity contribution in [2.75, 3.05) is 0 Å². The third-order valence-electron chi connectivity index (χ3n) is 6.14. The highest BCUT2D eigenvalue weighted by Gasteiger charge is 2.27. The average Bonchev–Trinajstić information content (AvgIpc) is 2.49. The summed E-state index contributed by atoms with van der Waals surface area (Å²) in [5, 5.41) is 0. The van der Waals surface area contributed by atoms with Crippen LogP contribution in [0.5, 0.6) is 0 Å². The maximum absolute atomic E-state index is 11.8. The van der Waals surface area contributed by atoms with E-state index >= 15 is 0 Å². The molecule has 0 atom stereocenters. The molecule has 2 fully saturated rings. The van der Waals surface area contributed by atoms with Crippen molar-refractivity contribution in [2.24, 2.45) is 23.7 Å². The highest BCUT2D eigenvalue weighted by Crippen LogP contribution is 2.39. The Labute approximate surface area is 136 Å². The first-order valence-electron chi connectivity index (χ1n) is 9.57. The van der Waals surface area contributed by atoms with E-state index in [9.17, 15) is 9.59 Å². The van der Waals surface area contributed by atoms with Crippen molar-refractivity contribution >= 4 is 11.6 Å². The quantitative estimate of drug-likeness (QED) is 0.595. The lowest BCUT2D eigenvalue weighted by molar-refractivity contribution is -0.126. The second-order valence-corrected chi connectivity index (χ2v) is 8.04. The summed E-state index contributed by atoms with van der Waals surface area (Å²) in [4.78, 5) is 22.8. The molecule has 0 unspecified atom stereocenters. The second kappa shape index (κ2) is 8.84. The number of carbonyl (C=O) groups is 2. The maximum atomic E-state index is 11.8. The first-order chi connectivity index (χ1) is 10.6. The Morgan fingerprint density at radius 2 is 1.23 bits per heavy atom. The van der Waals surface area contributed by atoms with E-state index in [2.05, 4.69) is 6.92 Å². The van der Waals surface area contributed by atoms with Gasteiger partial charge in [0.05, 0.1) is 6.42 Å². The molecule has 0 bridgehead atoms. The van der Waals surface area contributed by atoms with Crippen LogP contribution in [0.2, 0.25) is 0 Å².